The summed E-state index contributed by atoms with van der Waals surface area (Å²) in [5.74, 6) is 1.71. The number of H-pyrrole nitrogens is 1. The standard InChI is InChI=1S/C16H16BrN3O/c1-2-3-8-21-13-6-4-11(5-7-13)15-19-14-9-12(17)10-18-16(14)20-15/h4-7,9-10H,2-3,8H2,1H3,(H,18,19,20). The molecule has 0 fully saturated rings. The van der Waals surface area contributed by atoms with Gasteiger partial charge in [0.05, 0.1) is 12.1 Å². The number of pyridine rings is 1. The zero-order valence-corrected chi connectivity index (χ0v) is 13.4. The summed E-state index contributed by atoms with van der Waals surface area (Å²) in [5, 5.41) is 0. The van der Waals surface area contributed by atoms with Crippen LogP contribution in [0, 0.1) is 0 Å². The normalized spacial score (nSPS) is 11.0. The van der Waals surface area contributed by atoms with Gasteiger partial charge in [-0.25, -0.2) is 9.97 Å². The molecule has 4 nitrogen and oxygen atoms in total. The molecule has 0 aliphatic carbocycles. The van der Waals surface area contributed by atoms with E-state index in [-0.39, 0.29) is 0 Å². The Kier molecular flexibility index (Phi) is 4.20. The number of ether oxygens (including phenoxy) is 1. The maximum absolute atomic E-state index is 5.66. The maximum atomic E-state index is 5.66. The minimum absolute atomic E-state index is 0.719. The van der Waals surface area contributed by atoms with Crippen molar-refractivity contribution in [3.63, 3.8) is 0 Å². The molecule has 21 heavy (non-hydrogen) atoms. The molecule has 2 aromatic heterocycles. The molecule has 5 heteroatoms. The third kappa shape index (κ3) is 3.24. The summed E-state index contributed by atoms with van der Waals surface area (Å²) in [5.41, 5.74) is 2.66. The molecular weight excluding hydrogens is 330 g/mol. The highest BCUT2D eigenvalue weighted by atomic mass is 79.9. The van der Waals surface area contributed by atoms with E-state index in [1.807, 2.05) is 30.3 Å². The molecule has 1 aromatic carbocycles. The number of hydrogen-bond donors (Lipinski definition) is 1. The number of halogens is 1. The van der Waals surface area contributed by atoms with Gasteiger partial charge in [-0.3, -0.25) is 0 Å². The van der Waals surface area contributed by atoms with E-state index < -0.39 is 0 Å². The summed E-state index contributed by atoms with van der Waals surface area (Å²) in [6, 6.07) is 9.94. The van der Waals surface area contributed by atoms with Crippen LogP contribution in [0.1, 0.15) is 19.8 Å². The van der Waals surface area contributed by atoms with Gasteiger partial charge < -0.3 is 9.72 Å². The second kappa shape index (κ2) is 6.26. The van der Waals surface area contributed by atoms with E-state index in [1.54, 1.807) is 6.20 Å². The molecule has 3 aromatic rings. The van der Waals surface area contributed by atoms with Crippen molar-refractivity contribution in [1.29, 1.82) is 0 Å². The van der Waals surface area contributed by atoms with E-state index in [1.165, 1.54) is 0 Å². The lowest BCUT2D eigenvalue weighted by molar-refractivity contribution is 0.309. The van der Waals surface area contributed by atoms with Crippen LogP contribution in [-0.4, -0.2) is 21.6 Å². The highest BCUT2D eigenvalue weighted by Crippen LogP contribution is 2.23. The smallest absolute Gasteiger partial charge is 0.178 e. The first-order chi connectivity index (χ1) is 10.3. The Morgan fingerprint density at radius 3 is 2.81 bits per heavy atom. The van der Waals surface area contributed by atoms with Gasteiger partial charge in [0.1, 0.15) is 11.6 Å². The number of fused-ring (bicyclic) bond motifs is 1. The molecule has 0 bridgehead atoms. The van der Waals surface area contributed by atoms with Crippen LogP contribution in [0.5, 0.6) is 5.75 Å². The Bertz CT molecular complexity index is 737. The summed E-state index contributed by atoms with van der Waals surface area (Å²) < 4.78 is 6.60. The highest BCUT2D eigenvalue weighted by Gasteiger charge is 2.06. The highest BCUT2D eigenvalue weighted by molar-refractivity contribution is 9.10. The Morgan fingerprint density at radius 1 is 1.24 bits per heavy atom. The van der Waals surface area contributed by atoms with Crippen molar-refractivity contribution >= 4 is 27.1 Å². The van der Waals surface area contributed by atoms with E-state index in [2.05, 4.69) is 37.8 Å². The molecule has 0 saturated carbocycles. The Hall–Kier alpha value is -1.88. The molecule has 0 aliphatic rings. The third-order valence-corrected chi connectivity index (χ3v) is 3.63. The number of hydrogen-bond acceptors (Lipinski definition) is 3. The number of nitrogens with zero attached hydrogens (tertiary/aromatic N) is 2. The van der Waals surface area contributed by atoms with Crippen molar-refractivity contribution in [2.45, 2.75) is 19.8 Å². The molecule has 0 amide bonds. The average Bonchev–Trinajstić information content (AvgIpc) is 2.91. The first-order valence-corrected chi connectivity index (χ1v) is 7.80. The van der Waals surface area contributed by atoms with Gasteiger partial charge in [0.2, 0.25) is 0 Å². The van der Waals surface area contributed by atoms with Crippen molar-refractivity contribution in [2.24, 2.45) is 0 Å². The van der Waals surface area contributed by atoms with E-state index in [9.17, 15) is 0 Å². The lowest BCUT2D eigenvalue weighted by atomic mass is 10.2. The summed E-state index contributed by atoms with van der Waals surface area (Å²) in [4.78, 5) is 12.1. The van der Waals surface area contributed by atoms with Crippen molar-refractivity contribution in [3.8, 4) is 17.1 Å². The average molecular weight is 346 g/mol. The quantitative estimate of drug-likeness (QED) is 0.689. The summed E-state index contributed by atoms with van der Waals surface area (Å²) in [7, 11) is 0. The monoisotopic (exact) mass is 345 g/mol. The van der Waals surface area contributed by atoms with Crippen LogP contribution in [0.15, 0.2) is 41.0 Å². The molecule has 0 saturated heterocycles. The topological polar surface area (TPSA) is 50.8 Å². The number of aromatic amines is 1. The Morgan fingerprint density at radius 2 is 2.05 bits per heavy atom. The van der Waals surface area contributed by atoms with Gasteiger partial charge >= 0.3 is 0 Å². The number of benzene rings is 1. The predicted octanol–water partition coefficient (Wildman–Crippen LogP) is 4.57. The van der Waals surface area contributed by atoms with Gasteiger partial charge in [-0.2, -0.15) is 0 Å². The molecule has 0 spiro atoms. The van der Waals surface area contributed by atoms with Crippen molar-refractivity contribution in [1.82, 2.24) is 15.0 Å². The zero-order valence-electron chi connectivity index (χ0n) is 11.8. The number of nitrogens with one attached hydrogen (secondary N) is 1. The first-order valence-electron chi connectivity index (χ1n) is 7.01. The van der Waals surface area contributed by atoms with Crippen LogP contribution in [0.4, 0.5) is 0 Å². The second-order valence-electron chi connectivity index (χ2n) is 4.84. The number of rotatable bonds is 5. The van der Waals surface area contributed by atoms with Gasteiger partial charge in [-0.05, 0) is 52.7 Å². The van der Waals surface area contributed by atoms with Gasteiger partial charge in [0.25, 0.3) is 0 Å². The number of aromatic nitrogens is 3. The molecule has 3 rings (SSSR count). The van der Waals surface area contributed by atoms with E-state index in [0.717, 1.165) is 52.2 Å². The van der Waals surface area contributed by atoms with Crippen LogP contribution in [0.25, 0.3) is 22.6 Å². The van der Waals surface area contributed by atoms with Crippen molar-refractivity contribution in [3.05, 3.63) is 41.0 Å². The SMILES string of the molecule is CCCCOc1ccc(-c2nc3ncc(Br)cc3[nH]2)cc1. The number of imidazole rings is 1. The fourth-order valence-electron chi connectivity index (χ4n) is 2.05. The lowest BCUT2D eigenvalue weighted by Gasteiger charge is -2.05. The van der Waals surface area contributed by atoms with E-state index >= 15 is 0 Å². The van der Waals surface area contributed by atoms with E-state index in [4.69, 9.17) is 4.74 Å². The van der Waals surface area contributed by atoms with Gasteiger partial charge in [-0.1, -0.05) is 13.3 Å². The van der Waals surface area contributed by atoms with Gasteiger partial charge in [-0.15, -0.1) is 0 Å². The third-order valence-electron chi connectivity index (χ3n) is 3.20. The van der Waals surface area contributed by atoms with Crippen molar-refractivity contribution in [2.75, 3.05) is 6.61 Å². The van der Waals surface area contributed by atoms with Crippen molar-refractivity contribution < 1.29 is 4.74 Å². The largest absolute Gasteiger partial charge is 0.494 e. The molecule has 0 unspecified atom stereocenters. The minimum atomic E-state index is 0.719. The molecule has 108 valence electrons. The fraction of sp³-hybridized carbons (Fsp3) is 0.250. The van der Waals surface area contributed by atoms with Gasteiger partial charge in [0, 0.05) is 16.2 Å². The minimum Gasteiger partial charge on any atom is -0.494 e. The summed E-state index contributed by atoms with van der Waals surface area (Å²) >= 11 is 3.41. The summed E-state index contributed by atoms with van der Waals surface area (Å²) in [6.07, 6.45) is 3.96. The molecule has 0 radical (unpaired) electrons. The van der Waals surface area contributed by atoms with Crippen LogP contribution >= 0.6 is 15.9 Å². The molecular formula is C16H16BrN3O. The van der Waals surface area contributed by atoms with Crippen LogP contribution in [0.2, 0.25) is 0 Å². The first kappa shape index (κ1) is 14.1. The zero-order chi connectivity index (χ0) is 14.7. The van der Waals surface area contributed by atoms with Crippen LogP contribution in [0.3, 0.4) is 0 Å². The Balaban J connectivity index is 1.81. The number of unbranched alkanes of at least 4 members (excludes halogenated alkanes) is 1. The van der Waals surface area contributed by atoms with Gasteiger partial charge in [0.15, 0.2) is 5.65 Å². The second-order valence-corrected chi connectivity index (χ2v) is 5.75. The lowest BCUT2D eigenvalue weighted by Crippen LogP contribution is -1.96. The molecule has 0 atom stereocenters. The fourth-order valence-corrected chi connectivity index (χ4v) is 2.39. The van der Waals surface area contributed by atoms with Crippen LogP contribution in [-0.2, 0) is 0 Å². The predicted molar refractivity (Wildman–Crippen MR) is 87.4 cm³/mol. The summed E-state index contributed by atoms with van der Waals surface area (Å²) in [6.45, 7) is 2.92. The molecule has 2 heterocycles. The molecule has 0 aliphatic heterocycles. The van der Waals surface area contributed by atoms with E-state index in [0.29, 0.717) is 0 Å². The molecule has 1 N–H and O–H groups in total. The Labute approximate surface area is 131 Å². The maximum Gasteiger partial charge on any atom is 0.178 e. The van der Waals surface area contributed by atoms with Crippen LogP contribution < -0.4 is 4.74 Å².